The molecule has 0 aliphatic heterocycles. The van der Waals surface area contributed by atoms with Crippen molar-refractivity contribution < 1.29 is 14.3 Å². The van der Waals surface area contributed by atoms with Gasteiger partial charge in [-0.2, -0.15) is 0 Å². The molecule has 2 saturated carbocycles. The van der Waals surface area contributed by atoms with Crippen LogP contribution in [0.25, 0.3) is 0 Å². The molecule has 0 saturated heterocycles. The standard InChI is InChI=1S/C26H42N2O3.ClH/c1-7-10-17-30-22-14-12-11-13-21(22)27-24(29)31-23-19(18-28(8-2)9-3)20-15-16-26(23,6)25(20,4)5;/h11-14,19-20,23H,7-10,15-18H2,1-6H3,(H,27,29);1H. The Balaban J connectivity index is 0.00000363. The first-order chi connectivity index (χ1) is 14.8. The number of hydrogen-bond donors (Lipinski definition) is 1. The average Bonchev–Trinajstić information content (AvgIpc) is 3.06. The van der Waals surface area contributed by atoms with E-state index in [0.29, 0.717) is 29.9 Å². The maximum Gasteiger partial charge on any atom is 0.412 e. The molecule has 0 heterocycles. The van der Waals surface area contributed by atoms with Crippen molar-refractivity contribution in [1.82, 2.24) is 4.90 Å². The lowest BCUT2D eigenvalue weighted by Crippen LogP contribution is -2.45. The molecular weight excluding hydrogens is 424 g/mol. The molecule has 6 heteroatoms. The number of halogens is 1. The Hall–Kier alpha value is -1.46. The number of rotatable bonds is 10. The maximum absolute atomic E-state index is 13.0. The molecule has 0 aromatic heterocycles. The number of carbonyl (C=O) groups is 1. The summed E-state index contributed by atoms with van der Waals surface area (Å²) in [5, 5.41) is 2.97. The van der Waals surface area contributed by atoms with Gasteiger partial charge in [0.2, 0.25) is 0 Å². The first-order valence-corrected chi connectivity index (χ1v) is 12.2. The van der Waals surface area contributed by atoms with Crippen molar-refractivity contribution in [3.05, 3.63) is 24.3 Å². The molecule has 2 fully saturated rings. The van der Waals surface area contributed by atoms with E-state index >= 15 is 0 Å². The number of nitrogens with one attached hydrogen (secondary N) is 1. The Morgan fingerprint density at radius 2 is 1.84 bits per heavy atom. The number of benzene rings is 1. The molecule has 2 aliphatic rings. The van der Waals surface area contributed by atoms with Gasteiger partial charge in [-0.1, -0.05) is 60.1 Å². The van der Waals surface area contributed by atoms with Crippen LogP contribution in [0.5, 0.6) is 5.75 Å². The molecule has 2 aliphatic carbocycles. The van der Waals surface area contributed by atoms with Crippen molar-refractivity contribution in [2.75, 3.05) is 31.6 Å². The van der Waals surface area contributed by atoms with E-state index in [2.05, 4.69) is 51.8 Å². The lowest BCUT2D eigenvalue weighted by molar-refractivity contribution is -0.0258. The van der Waals surface area contributed by atoms with Crippen LogP contribution in [-0.4, -0.2) is 43.3 Å². The molecule has 1 aromatic carbocycles. The zero-order chi connectivity index (χ0) is 22.6. The Labute approximate surface area is 201 Å². The summed E-state index contributed by atoms with van der Waals surface area (Å²) in [6.45, 7) is 17.3. The fourth-order valence-corrected chi connectivity index (χ4v) is 6.00. The highest BCUT2D eigenvalue weighted by Crippen LogP contribution is 2.68. The molecule has 0 spiro atoms. The molecule has 182 valence electrons. The number of unbranched alkanes of at least 4 members (excludes halogenated alkanes) is 1. The van der Waals surface area contributed by atoms with Crippen molar-refractivity contribution >= 4 is 24.2 Å². The van der Waals surface area contributed by atoms with Crippen molar-refractivity contribution in [3.8, 4) is 5.75 Å². The largest absolute Gasteiger partial charge is 0.491 e. The zero-order valence-electron chi connectivity index (χ0n) is 20.8. The first-order valence-electron chi connectivity index (χ1n) is 12.2. The van der Waals surface area contributed by atoms with Crippen LogP contribution in [-0.2, 0) is 4.74 Å². The molecule has 0 radical (unpaired) electrons. The molecule has 2 bridgehead atoms. The molecule has 4 unspecified atom stereocenters. The van der Waals surface area contributed by atoms with Gasteiger partial charge in [-0.15, -0.1) is 12.4 Å². The third-order valence-electron chi connectivity index (χ3n) is 8.38. The molecule has 5 nitrogen and oxygen atoms in total. The van der Waals surface area contributed by atoms with E-state index in [1.165, 1.54) is 6.42 Å². The number of carbonyl (C=O) groups excluding carboxylic acids is 1. The number of hydrogen-bond acceptors (Lipinski definition) is 4. The van der Waals surface area contributed by atoms with Crippen LogP contribution in [0.1, 0.15) is 67.2 Å². The Bertz CT molecular complexity index is 752. The van der Waals surface area contributed by atoms with Gasteiger partial charge in [0.25, 0.3) is 0 Å². The van der Waals surface area contributed by atoms with E-state index < -0.39 is 0 Å². The summed E-state index contributed by atoms with van der Waals surface area (Å²) in [6, 6.07) is 7.61. The van der Waals surface area contributed by atoms with Crippen molar-refractivity contribution in [3.63, 3.8) is 0 Å². The van der Waals surface area contributed by atoms with Crippen LogP contribution in [0.3, 0.4) is 0 Å². The molecule has 1 N–H and O–H groups in total. The highest BCUT2D eigenvalue weighted by molar-refractivity contribution is 5.87. The second-order valence-electron chi connectivity index (χ2n) is 10.1. The Morgan fingerprint density at radius 1 is 1.16 bits per heavy atom. The van der Waals surface area contributed by atoms with Gasteiger partial charge in [-0.05, 0) is 55.8 Å². The normalized spacial score (nSPS) is 27.8. The average molecular weight is 467 g/mol. The van der Waals surface area contributed by atoms with E-state index in [9.17, 15) is 4.79 Å². The third-order valence-corrected chi connectivity index (χ3v) is 8.38. The summed E-state index contributed by atoms with van der Waals surface area (Å²) < 4.78 is 12.1. The lowest BCUT2D eigenvalue weighted by Gasteiger charge is -2.40. The summed E-state index contributed by atoms with van der Waals surface area (Å²) >= 11 is 0. The molecular formula is C26H43ClN2O3. The van der Waals surface area contributed by atoms with E-state index in [1.807, 2.05) is 24.3 Å². The predicted octanol–water partition coefficient (Wildman–Crippen LogP) is 6.62. The van der Waals surface area contributed by atoms with Gasteiger partial charge in [0.1, 0.15) is 11.9 Å². The van der Waals surface area contributed by atoms with Gasteiger partial charge < -0.3 is 14.4 Å². The van der Waals surface area contributed by atoms with E-state index in [4.69, 9.17) is 9.47 Å². The summed E-state index contributed by atoms with van der Waals surface area (Å²) in [5.74, 6) is 1.66. The van der Waals surface area contributed by atoms with E-state index in [0.717, 1.165) is 38.9 Å². The SMILES string of the molecule is CCCCOc1ccccc1NC(=O)OC1C(CN(CC)CC)C2CCC1(C)C2(C)C.Cl. The van der Waals surface area contributed by atoms with Crippen LogP contribution < -0.4 is 10.1 Å². The maximum atomic E-state index is 13.0. The van der Waals surface area contributed by atoms with Crippen LogP contribution in [0, 0.1) is 22.7 Å². The molecule has 3 rings (SSSR count). The number of para-hydroxylation sites is 2. The predicted molar refractivity (Wildman–Crippen MR) is 134 cm³/mol. The fourth-order valence-electron chi connectivity index (χ4n) is 6.00. The quantitative estimate of drug-likeness (QED) is 0.393. The highest BCUT2D eigenvalue weighted by atomic mass is 35.5. The number of anilines is 1. The lowest BCUT2D eigenvalue weighted by atomic mass is 9.70. The van der Waals surface area contributed by atoms with Crippen molar-refractivity contribution in [2.45, 2.75) is 73.3 Å². The number of ether oxygens (including phenoxy) is 2. The number of fused-ring (bicyclic) bond motifs is 2. The molecule has 4 atom stereocenters. The molecule has 1 amide bonds. The topological polar surface area (TPSA) is 50.8 Å². The minimum absolute atomic E-state index is 0. The van der Waals surface area contributed by atoms with Gasteiger partial charge in [0.15, 0.2) is 0 Å². The van der Waals surface area contributed by atoms with Gasteiger partial charge in [-0.25, -0.2) is 4.79 Å². The van der Waals surface area contributed by atoms with Crippen LogP contribution in [0.4, 0.5) is 10.5 Å². The monoisotopic (exact) mass is 466 g/mol. The van der Waals surface area contributed by atoms with Gasteiger partial charge in [-0.3, -0.25) is 5.32 Å². The first kappa shape index (κ1) is 26.8. The van der Waals surface area contributed by atoms with Crippen LogP contribution in [0.2, 0.25) is 0 Å². The minimum Gasteiger partial charge on any atom is -0.491 e. The molecule has 32 heavy (non-hydrogen) atoms. The minimum atomic E-state index is -0.370. The number of amides is 1. The van der Waals surface area contributed by atoms with Gasteiger partial charge in [0, 0.05) is 17.9 Å². The fraction of sp³-hybridized carbons (Fsp3) is 0.731. The highest BCUT2D eigenvalue weighted by Gasteiger charge is 2.67. The van der Waals surface area contributed by atoms with Gasteiger partial charge >= 0.3 is 6.09 Å². The van der Waals surface area contributed by atoms with Crippen molar-refractivity contribution in [1.29, 1.82) is 0 Å². The Morgan fingerprint density at radius 3 is 2.50 bits per heavy atom. The second-order valence-corrected chi connectivity index (χ2v) is 10.1. The van der Waals surface area contributed by atoms with Crippen LogP contribution >= 0.6 is 12.4 Å². The summed E-state index contributed by atoms with van der Waals surface area (Å²) in [6.07, 6.45) is 3.96. The number of nitrogens with zero attached hydrogens (tertiary/aromatic N) is 1. The van der Waals surface area contributed by atoms with Crippen molar-refractivity contribution in [2.24, 2.45) is 22.7 Å². The summed E-state index contributed by atoms with van der Waals surface area (Å²) in [7, 11) is 0. The molecule has 1 aromatic rings. The summed E-state index contributed by atoms with van der Waals surface area (Å²) in [4.78, 5) is 15.5. The van der Waals surface area contributed by atoms with Gasteiger partial charge in [0.05, 0.1) is 12.3 Å². The Kier molecular flexibility index (Phi) is 9.30. The van der Waals surface area contributed by atoms with E-state index in [1.54, 1.807) is 0 Å². The smallest absolute Gasteiger partial charge is 0.412 e. The van der Waals surface area contributed by atoms with E-state index in [-0.39, 0.29) is 35.4 Å². The second kappa shape index (κ2) is 11.1. The van der Waals surface area contributed by atoms with Crippen LogP contribution in [0.15, 0.2) is 24.3 Å². The summed E-state index contributed by atoms with van der Waals surface area (Å²) in [5.41, 5.74) is 0.845. The third kappa shape index (κ3) is 5.04. The zero-order valence-corrected chi connectivity index (χ0v) is 21.6.